The summed E-state index contributed by atoms with van der Waals surface area (Å²) >= 11 is 0. The fourth-order valence-electron chi connectivity index (χ4n) is 2.57. The third-order valence-electron chi connectivity index (χ3n) is 3.88. The second-order valence-electron chi connectivity index (χ2n) is 5.53. The van der Waals surface area contributed by atoms with Gasteiger partial charge in [-0.2, -0.15) is 5.26 Å². The van der Waals surface area contributed by atoms with Gasteiger partial charge in [-0.15, -0.1) is 0 Å². The van der Waals surface area contributed by atoms with Crippen molar-refractivity contribution >= 4 is 17.6 Å². The van der Waals surface area contributed by atoms with E-state index in [2.05, 4.69) is 0 Å². The zero-order chi connectivity index (χ0) is 18.5. The van der Waals surface area contributed by atoms with Crippen LogP contribution in [0.15, 0.2) is 48.5 Å². The van der Waals surface area contributed by atoms with Crippen LogP contribution in [-0.4, -0.2) is 38.2 Å². The molecule has 3 rings (SSSR count). The van der Waals surface area contributed by atoms with E-state index in [1.807, 2.05) is 6.07 Å². The topological polar surface area (TPSA) is 88.9 Å². The van der Waals surface area contributed by atoms with Gasteiger partial charge in [-0.1, -0.05) is 12.1 Å². The van der Waals surface area contributed by atoms with Gasteiger partial charge in [0.05, 0.1) is 31.0 Å². The monoisotopic (exact) mass is 352 g/mol. The Labute approximate surface area is 150 Å². The molecule has 0 fully saturated rings. The normalized spacial score (nSPS) is 15.2. The molecule has 1 heterocycles. The molecule has 0 saturated carbocycles. The van der Waals surface area contributed by atoms with Crippen LogP contribution in [0.25, 0.3) is 0 Å². The summed E-state index contributed by atoms with van der Waals surface area (Å²) in [7, 11) is 1.27. The van der Waals surface area contributed by atoms with Crippen molar-refractivity contribution in [1.82, 2.24) is 0 Å². The summed E-state index contributed by atoms with van der Waals surface area (Å²) in [5, 5.41) is 8.80. The quantitative estimate of drug-likeness (QED) is 0.781. The van der Waals surface area contributed by atoms with Crippen LogP contribution in [0.4, 0.5) is 5.69 Å². The summed E-state index contributed by atoms with van der Waals surface area (Å²) in [4.78, 5) is 25.9. The molecule has 0 bridgehead atoms. The molecule has 26 heavy (non-hydrogen) atoms. The van der Waals surface area contributed by atoms with E-state index >= 15 is 0 Å². The Morgan fingerprint density at radius 2 is 1.96 bits per heavy atom. The molecule has 0 radical (unpaired) electrons. The summed E-state index contributed by atoms with van der Waals surface area (Å²) in [6, 6.07) is 15.4. The average molecular weight is 352 g/mol. The Balaban J connectivity index is 1.74. The molecular formula is C19H16N2O5. The number of benzene rings is 2. The smallest absolute Gasteiger partial charge is 0.348 e. The molecule has 1 amide bonds. The Bertz CT molecular complexity index is 857. The van der Waals surface area contributed by atoms with Crippen LogP contribution in [0, 0.1) is 11.3 Å². The molecular weight excluding hydrogens is 336 g/mol. The van der Waals surface area contributed by atoms with E-state index in [-0.39, 0.29) is 19.1 Å². The van der Waals surface area contributed by atoms with Crippen molar-refractivity contribution in [2.24, 2.45) is 0 Å². The number of ether oxygens (including phenoxy) is 3. The predicted molar refractivity (Wildman–Crippen MR) is 91.9 cm³/mol. The first-order chi connectivity index (χ1) is 12.6. The average Bonchev–Trinajstić information content (AvgIpc) is 2.70. The Morgan fingerprint density at radius 1 is 1.23 bits per heavy atom. The van der Waals surface area contributed by atoms with Crippen LogP contribution in [0.2, 0.25) is 0 Å². The van der Waals surface area contributed by atoms with Gasteiger partial charge in [-0.3, -0.25) is 4.79 Å². The van der Waals surface area contributed by atoms with E-state index in [1.165, 1.54) is 12.0 Å². The minimum absolute atomic E-state index is 0.0409. The van der Waals surface area contributed by atoms with E-state index < -0.39 is 12.1 Å². The molecule has 7 nitrogen and oxygen atoms in total. The number of rotatable bonds is 4. The molecule has 132 valence electrons. The molecule has 0 saturated heterocycles. The van der Waals surface area contributed by atoms with Gasteiger partial charge in [0.15, 0.2) is 6.61 Å². The minimum Gasteiger partial charge on any atom is -0.484 e. The van der Waals surface area contributed by atoms with Crippen LogP contribution in [0.1, 0.15) is 5.56 Å². The number of fused-ring (bicyclic) bond motifs is 1. The van der Waals surface area contributed by atoms with E-state index in [0.29, 0.717) is 22.7 Å². The summed E-state index contributed by atoms with van der Waals surface area (Å²) in [5.41, 5.74) is 1.08. The van der Waals surface area contributed by atoms with Gasteiger partial charge >= 0.3 is 5.97 Å². The van der Waals surface area contributed by atoms with E-state index in [1.54, 1.807) is 48.5 Å². The second-order valence-corrected chi connectivity index (χ2v) is 5.53. The highest BCUT2D eigenvalue weighted by Crippen LogP contribution is 2.33. The molecule has 0 spiro atoms. The lowest BCUT2D eigenvalue weighted by Gasteiger charge is -2.33. The molecule has 0 N–H and O–H groups in total. The number of amides is 1. The number of esters is 1. The van der Waals surface area contributed by atoms with Gasteiger partial charge in [-0.25, -0.2) is 4.79 Å². The van der Waals surface area contributed by atoms with Gasteiger partial charge in [-0.05, 0) is 36.4 Å². The Hall–Kier alpha value is -3.53. The molecule has 1 aliphatic heterocycles. The largest absolute Gasteiger partial charge is 0.484 e. The summed E-state index contributed by atoms with van der Waals surface area (Å²) < 4.78 is 15.8. The van der Waals surface area contributed by atoms with Crippen molar-refractivity contribution in [3.8, 4) is 17.6 Å². The van der Waals surface area contributed by atoms with Crippen LogP contribution in [-0.2, 0) is 14.3 Å². The lowest BCUT2D eigenvalue weighted by Crippen LogP contribution is -2.48. The van der Waals surface area contributed by atoms with Crippen LogP contribution in [0.5, 0.6) is 11.5 Å². The van der Waals surface area contributed by atoms with Crippen LogP contribution >= 0.6 is 0 Å². The fraction of sp³-hybridized carbons (Fsp3) is 0.211. The summed E-state index contributed by atoms with van der Waals surface area (Å²) in [5.74, 6) is 0.0358. The highest BCUT2D eigenvalue weighted by Gasteiger charge is 2.34. The zero-order valence-corrected chi connectivity index (χ0v) is 14.0. The molecule has 1 atom stereocenters. The van der Waals surface area contributed by atoms with Crippen LogP contribution < -0.4 is 14.4 Å². The highest BCUT2D eigenvalue weighted by atomic mass is 16.6. The summed E-state index contributed by atoms with van der Waals surface area (Å²) in [6.07, 6.45) is -0.895. The number of carbonyl (C=O) groups excluding carboxylic acids is 2. The second kappa shape index (κ2) is 7.57. The van der Waals surface area contributed by atoms with Crippen molar-refractivity contribution in [2.75, 3.05) is 25.2 Å². The first-order valence-electron chi connectivity index (χ1n) is 7.89. The maximum absolute atomic E-state index is 12.7. The third kappa shape index (κ3) is 3.59. The zero-order valence-electron chi connectivity index (χ0n) is 14.0. The molecule has 0 aromatic heterocycles. The van der Waals surface area contributed by atoms with Crippen molar-refractivity contribution < 1.29 is 23.8 Å². The summed E-state index contributed by atoms with van der Waals surface area (Å²) in [6.45, 7) is -0.173. The molecule has 2 aromatic carbocycles. The lowest BCUT2D eigenvalue weighted by atomic mass is 10.2. The van der Waals surface area contributed by atoms with Crippen LogP contribution in [0.3, 0.4) is 0 Å². The fourth-order valence-corrected chi connectivity index (χ4v) is 2.57. The number of anilines is 1. The molecule has 7 heteroatoms. The van der Waals surface area contributed by atoms with Crippen molar-refractivity contribution in [2.45, 2.75) is 6.10 Å². The van der Waals surface area contributed by atoms with E-state index in [9.17, 15) is 9.59 Å². The maximum atomic E-state index is 12.7. The van der Waals surface area contributed by atoms with Gasteiger partial charge < -0.3 is 19.1 Å². The van der Waals surface area contributed by atoms with Gasteiger partial charge in [0, 0.05) is 0 Å². The maximum Gasteiger partial charge on any atom is 0.348 e. The number of hydrogen-bond donors (Lipinski definition) is 0. The standard InChI is InChI=1S/C19H16N2O5/c1-24-19(23)17-11-21(15-4-2-3-5-16(15)26-17)18(22)12-25-14-8-6-13(10-20)7-9-14/h2-9,17H,11-12H2,1H3/t17-/m1/s1. The van der Waals surface area contributed by atoms with Gasteiger partial charge in [0.1, 0.15) is 11.5 Å². The van der Waals surface area contributed by atoms with E-state index in [4.69, 9.17) is 19.5 Å². The SMILES string of the molecule is COC(=O)[C@H]1CN(C(=O)COc2ccc(C#N)cc2)c2ccccc2O1. The minimum atomic E-state index is -0.895. The van der Waals surface area contributed by atoms with Gasteiger partial charge in [0.25, 0.3) is 5.91 Å². The van der Waals surface area contributed by atoms with Crippen molar-refractivity contribution in [3.63, 3.8) is 0 Å². The Morgan fingerprint density at radius 3 is 2.65 bits per heavy atom. The molecule has 2 aromatic rings. The number of hydrogen-bond acceptors (Lipinski definition) is 6. The number of carbonyl (C=O) groups is 2. The lowest BCUT2D eigenvalue weighted by molar-refractivity contribution is -0.148. The number of para-hydroxylation sites is 2. The number of methoxy groups -OCH3 is 1. The highest BCUT2D eigenvalue weighted by molar-refractivity contribution is 5.97. The Kier molecular flexibility index (Phi) is 5.04. The first kappa shape index (κ1) is 17.3. The predicted octanol–water partition coefficient (Wildman–Crippen LogP) is 1.90. The molecule has 1 aliphatic rings. The third-order valence-corrected chi connectivity index (χ3v) is 3.88. The first-order valence-corrected chi connectivity index (χ1v) is 7.89. The number of nitriles is 1. The van der Waals surface area contributed by atoms with Crippen molar-refractivity contribution in [3.05, 3.63) is 54.1 Å². The molecule has 0 unspecified atom stereocenters. The van der Waals surface area contributed by atoms with Gasteiger partial charge in [0.2, 0.25) is 6.10 Å². The molecule has 0 aliphatic carbocycles. The van der Waals surface area contributed by atoms with Crippen molar-refractivity contribution in [1.29, 1.82) is 5.26 Å². The number of nitrogens with zero attached hydrogens (tertiary/aromatic N) is 2. The van der Waals surface area contributed by atoms with E-state index in [0.717, 1.165) is 0 Å².